The van der Waals surface area contributed by atoms with E-state index < -0.39 is 42.2 Å². The van der Waals surface area contributed by atoms with Crippen LogP contribution in [0, 0.1) is 23.7 Å². The summed E-state index contributed by atoms with van der Waals surface area (Å²) in [5.41, 5.74) is 2.70. The molecule has 1 aromatic heterocycles. The van der Waals surface area contributed by atoms with Crippen molar-refractivity contribution in [1.82, 2.24) is 15.6 Å². The Morgan fingerprint density at radius 1 is 1.21 bits per heavy atom. The zero-order chi connectivity index (χ0) is 33.5. The largest absolute Gasteiger partial charge is 0.469 e. The maximum atomic E-state index is 14.1. The molecule has 11 heteroatoms. The normalized spacial score (nSPS) is 22.6. The molecular weight excluding hydrogens is 600 g/mol. The molecule has 47 heavy (non-hydrogen) atoms. The van der Waals surface area contributed by atoms with Gasteiger partial charge in [-0.05, 0) is 36.5 Å². The van der Waals surface area contributed by atoms with Crippen LogP contribution >= 0.6 is 0 Å². The van der Waals surface area contributed by atoms with E-state index in [0.29, 0.717) is 12.2 Å². The quantitative estimate of drug-likeness (QED) is 0.171. The Labute approximate surface area is 273 Å². The minimum Gasteiger partial charge on any atom is -0.469 e. The zero-order valence-corrected chi connectivity index (χ0v) is 27.2. The van der Waals surface area contributed by atoms with Gasteiger partial charge in [0.25, 0.3) is 5.91 Å². The number of fused-ring (bicyclic) bond motifs is 4. The Bertz CT molecular complexity index is 1790. The fourth-order valence-corrected chi connectivity index (χ4v) is 6.65. The molecule has 1 spiro atoms. The molecule has 3 aromatic rings. The molecule has 11 nitrogen and oxygen atoms in total. The third-order valence-electron chi connectivity index (χ3n) is 9.16. The fraction of sp³-hybridized carbons (Fsp3) is 0.444. The molecule has 3 aliphatic rings. The third-order valence-corrected chi connectivity index (χ3v) is 9.16. The highest BCUT2D eigenvalue weighted by Crippen LogP contribution is 2.59. The minimum atomic E-state index is -1.34. The molecule has 0 radical (unpaired) electrons. The van der Waals surface area contributed by atoms with Crippen molar-refractivity contribution in [3.8, 4) is 17.6 Å². The molecule has 246 valence electrons. The number of hydrogen-bond acceptors (Lipinski definition) is 9. The zero-order valence-electron chi connectivity index (χ0n) is 27.2. The van der Waals surface area contributed by atoms with Gasteiger partial charge < -0.3 is 34.9 Å². The molecule has 4 heterocycles. The smallest absolute Gasteiger partial charge is 0.330 e. The number of nitrogens with zero attached hydrogens (tertiary/aromatic N) is 1. The molecule has 5 atom stereocenters. The first kappa shape index (κ1) is 32.1. The number of carbonyl (C=O) groups excluding carboxylic acids is 3. The number of methoxy groups -OCH3 is 1. The van der Waals surface area contributed by atoms with Crippen molar-refractivity contribution in [2.75, 3.05) is 19.0 Å². The van der Waals surface area contributed by atoms with Crippen LogP contribution in [-0.4, -0.2) is 53.9 Å². The molecule has 0 fully saturated rings. The first-order valence-corrected chi connectivity index (χ1v) is 16.1. The lowest BCUT2D eigenvalue weighted by Gasteiger charge is -2.28. The van der Waals surface area contributed by atoms with Gasteiger partial charge in [0.2, 0.25) is 11.8 Å². The molecule has 0 saturated carbocycles. The molecule has 0 aliphatic carbocycles. The van der Waals surface area contributed by atoms with Crippen LogP contribution in [0.5, 0.6) is 5.75 Å². The third kappa shape index (κ3) is 5.40. The van der Waals surface area contributed by atoms with Crippen molar-refractivity contribution in [3.05, 3.63) is 76.0 Å². The minimum absolute atomic E-state index is 0.101. The van der Waals surface area contributed by atoms with Gasteiger partial charge in [0.15, 0.2) is 23.7 Å². The summed E-state index contributed by atoms with van der Waals surface area (Å²) in [6, 6.07) is 9.66. The van der Waals surface area contributed by atoms with Gasteiger partial charge in [-0.15, -0.1) is 0 Å². The van der Waals surface area contributed by atoms with E-state index in [0.717, 1.165) is 47.2 Å². The van der Waals surface area contributed by atoms with Crippen molar-refractivity contribution in [2.24, 2.45) is 11.8 Å². The number of hydrogen-bond donors (Lipinski definition) is 4. The van der Waals surface area contributed by atoms with Crippen molar-refractivity contribution in [3.63, 3.8) is 0 Å². The fourth-order valence-electron chi connectivity index (χ4n) is 6.65. The number of amides is 2. The maximum Gasteiger partial charge on any atom is 0.330 e. The number of oxazole rings is 1. The second-order valence-electron chi connectivity index (χ2n) is 12.7. The Kier molecular flexibility index (Phi) is 8.72. The Morgan fingerprint density at radius 3 is 2.74 bits per heavy atom. The Balaban J connectivity index is 1.64. The number of aliphatic hydroxyl groups excluding tert-OH is 1. The highest BCUT2D eigenvalue weighted by atomic mass is 16.5. The topological polar surface area (TPSA) is 152 Å². The highest BCUT2D eigenvalue weighted by molar-refractivity contribution is 5.97. The summed E-state index contributed by atoms with van der Waals surface area (Å²) < 4.78 is 18.1. The molecule has 2 aromatic carbocycles. The number of carbonyl (C=O) groups is 3. The number of rotatable bonds is 7. The number of aromatic nitrogens is 1. The molecular formula is C36H40N4O7. The summed E-state index contributed by atoms with van der Waals surface area (Å²) in [5, 5.41) is 19.1. The molecule has 4 bridgehead atoms. The van der Waals surface area contributed by atoms with Gasteiger partial charge in [-0.3, -0.25) is 9.59 Å². The van der Waals surface area contributed by atoms with Gasteiger partial charge in [0.1, 0.15) is 17.2 Å². The maximum absolute atomic E-state index is 14.1. The average molecular weight is 641 g/mol. The number of para-hydroxylation sites is 1. The van der Waals surface area contributed by atoms with Gasteiger partial charge in [-0.2, -0.15) is 0 Å². The van der Waals surface area contributed by atoms with Gasteiger partial charge in [0, 0.05) is 29.0 Å². The van der Waals surface area contributed by atoms with E-state index in [4.69, 9.17) is 18.9 Å². The molecule has 6 rings (SSSR count). The summed E-state index contributed by atoms with van der Waals surface area (Å²) in [5.74, 6) is 5.25. The SMILES string of the molecule is CCCCC#Cc1cccc2c1N[C@H]1Oc3ccc4cc3C21c1oc(nc1C(=O)N[C@@H](CO)C(=O)OC)[C@H](C(C)C)NC(=O)[C@@H](C)C4. The van der Waals surface area contributed by atoms with E-state index >= 15 is 0 Å². The number of esters is 1. The van der Waals surface area contributed by atoms with E-state index in [-0.39, 0.29) is 35.1 Å². The van der Waals surface area contributed by atoms with Gasteiger partial charge in [-0.1, -0.05) is 70.2 Å². The standard InChI is InChI=1S/C36H40N4O7/c1-6-7-8-9-11-22-12-10-13-23-28(22)40-35-36(23)24-17-21(14-15-26(24)46-35)16-20(4)31(42)38-27(19(2)3)33-39-29(30(36)47-33)32(43)37-25(18-41)34(44)45-5/h10,12-15,17,19-20,25,27,35,40-41H,6-8,16,18H2,1-5H3,(H,37,43)(H,38,42)/t20-,25-,27-,35-,36?/m0/s1. The number of aliphatic hydroxyl groups is 1. The monoisotopic (exact) mass is 640 g/mol. The highest BCUT2D eigenvalue weighted by Gasteiger charge is 2.61. The van der Waals surface area contributed by atoms with E-state index in [1.54, 1.807) is 0 Å². The van der Waals surface area contributed by atoms with Crippen LogP contribution in [0.15, 0.2) is 40.8 Å². The lowest BCUT2D eigenvalue weighted by Crippen LogP contribution is -2.46. The van der Waals surface area contributed by atoms with Crippen LogP contribution < -0.4 is 20.7 Å². The van der Waals surface area contributed by atoms with E-state index in [9.17, 15) is 19.5 Å². The molecule has 4 N–H and O–H groups in total. The Hall–Kier alpha value is -4.82. The average Bonchev–Trinajstić information content (AvgIpc) is 3.73. The van der Waals surface area contributed by atoms with E-state index in [1.165, 1.54) is 7.11 Å². The van der Waals surface area contributed by atoms with Gasteiger partial charge in [-0.25, -0.2) is 9.78 Å². The number of unbranched alkanes of at least 4 members (excludes halogenated alkanes) is 2. The van der Waals surface area contributed by atoms with Crippen molar-refractivity contribution in [2.45, 2.75) is 77.1 Å². The van der Waals surface area contributed by atoms with Crippen LogP contribution in [0.2, 0.25) is 0 Å². The van der Waals surface area contributed by atoms with Crippen LogP contribution in [0.1, 0.15) is 97.4 Å². The van der Waals surface area contributed by atoms with Crippen molar-refractivity contribution in [1.29, 1.82) is 0 Å². The summed E-state index contributed by atoms with van der Waals surface area (Å²) in [4.78, 5) is 44.7. The van der Waals surface area contributed by atoms with Crippen LogP contribution in [-0.2, 0) is 26.2 Å². The number of benzene rings is 2. The molecule has 2 amide bonds. The molecule has 0 saturated heterocycles. The van der Waals surface area contributed by atoms with E-state index in [1.807, 2.05) is 57.2 Å². The summed E-state index contributed by atoms with van der Waals surface area (Å²) in [7, 11) is 1.17. The number of ether oxygens (including phenoxy) is 2. The summed E-state index contributed by atoms with van der Waals surface area (Å²) in [6.07, 6.45) is 2.54. The molecule has 1 unspecified atom stereocenters. The summed E-state index contributed by atoms with van der Waals surface area (Å²) in [6.45, 7) is 7.17. The van der Waals surface area contributed by atoms with Crippen LogP contribution in [0.3, 0.4) is 0 Å². The Morgan fingerprint density at radius 2 is 2.02 bits per heavy atom. The lowest BCUT2D eigenvalue weighted by atomic mass is 9.72. The predicted octanol–water partition coefficient (Wildman–Crippen LogP) is 3.96. The second-order valence-corrected chi connectivity index (χ2v) is 12.7. The van der Waals surface area contributed by atoms with Crippen molar-refractivity contribution < 1.29 is 33.4 Å². The van der Waals surface area contributed by atoms with Crippen LogP contribution in [0.25, 0.3) is 0 Å². The number of nitrogens with one attached hydrogen (secondary N) is 3. The summed E-state index contributed by atoms with van der Waals surface area (Å²) >= 11 is 0. The lowest BCUT2D eigenvalue weighted by molar-refractivity contribution is -0.143. The predicted molar refractivity (Wildman–Crippen MR) is 173 cm³/mol. The van der Waals surface area contributed by atoms with Crippen molar-refractivity contribution >= 4 is 23.5 Å². The van der Waals surface area contributed by atoms with Crippen LogP contribution in [0.4, 0.5) is 5.69 Å². The van der Waals surface area contributed by atoms with Gasteiger partial charge >= 0.3 is 5.97 Å². The van der Waals surface area contributed by atoms with Gasteiger partial charge in [0.05, 0.1) is 19.4 Å². The first-order chi connectivity index (χ1) is 22.6. The molecule has 3 aliphatic heterocycles. The first-order valence-electron chi connectivity index (χ1n) is 16.1. The van der Waals surface area contributed by atoms with E-state index in [2.05, 4.69) is 34.7 Å². The number of anilines is 1. The second kappa shape index (κ2) is 12.8.